The molecule has 0 radical (unpaired) electrons. The van der Waals surface area contributed by atoms with Crippen molar-refractivity contribution < 1.29 is 19.1 Å². The van der Waals surface area contributed by atoms with Gasteiger partial charge in [-0.05, 0) is 68.0 Å². The Balaban J connectivity index is 1.52. The van der Waals surface area contributed by atoms with Crippen molar-refractivity contribution >= 4 is 34.7 Å². The van der Waals surface area contributed by atoms with E-state index in [-0.39, 0.29) is 12.4 Å². The molecule has 5 nitrogen and oxygen atoms in total. The van der Waals surface area contributed by atoms with Crippen LogP contribution in [0.15, 0.2) is 30.3 Å². The first-order valence-electron chi connectivity index (χ1n) is 9.15. The first-order chi connectivity index (χ1) is 13.0. The number of ether oxygens (including phenoxy) is 1. The third-order valence-corrected chi connectivity index (χ3v) is 6.09. The van der Waals surface area contributed by atoms with Crippen LogP contribution in [0.2, 0.25) is 0 Å². The summed E-state index contributed by atoms with van der Waals surface area (Å²) in [6.07, 6.45) is 4.36. The SMILES string of the molecule is CCC1CCc2sc(C(=O)OCC(=O)Nc3ccc(C(C)=O)cc3)cc2C1. The van der Waals surface area contributed by atoms with Crippen molar-refractivity contribution in [1.29, 1.82) is 0 Å². The first kappa shape index (κ1) is 19.3. The monoisotopic (exact) mass is 385 g/mol. The Morgan fingerprint density at radius 2 is 1.96 bits per heavy atom. The minimum Gasteiger partial charge on any atom is -0.451 e. The third kappa shape index (κ3) is 4.83. The van der Waals surface area contributed by atoms with Gasteiger partial charge in [-0.1, -0.05) is 13.3 Å². The van der Waals surface area contributed by atoms with Gasteiger partial charge in [0.05, 0.1) is 0 Å². The standard InChI is InChI=1S/C21H23NO4S/c1-3-14-4-9-18-16(10-14)11-19(27-18)21(25)26-12-20(24)22-17-7-5-15(6-8-17)13(2)23/h5-8,11,14H,3-4,9-10,12H2,1-2H3,(H,22,24). The van der Waals surface area contributed by atoms with Crippen LogP contribution in [0.25, 0.3) is 0 Å². The Bertz CT molecular complexity index is 854. The zero-order valence-corrected chi connectivity index (χ0v) is 16.4. The Labute approximate surface area is 162 Å². The number of hydrogen-bond acceptors (Lipinski definition) is 5. The van der Waals surface area contributed by atoms with Crippen LogP contribution in [0.3, 0.4) is 0 Å². The fourth-order valence-corrected chi connectivity index (χ4v) is 4.34. The molecule has 27 heavy (non-hydrogen) atoms. The number of amides is 1. The minimum absolute atomic E-state index is 0.0364. The number of benzene rings is 1. The van der Waals surface area contributed by atoms with Crippen LogP contribution < -0.4 is 5.32 Å². The Hall–Kier alpha value is -2.47. The second-order valence-corrected chi connectivity index (χ2v) is 7.97. The fraction of sp³-hybridized carbons (Fsp3) is 0.381. The van der Waals surface area contributed by atoms with E-state index in [1.807, 2.05) is 6.07 Å². The van der Waals surface area contributed by atoms with Crippen LogP contribution in [0.5, 0.6) is 0 Å². The highest BCUT2D eigenvalue weighted by molar-refractivity contribution is 7.14. The predicted octanol–water partition coefficient (Wildman–Crippen LogP) is 4.26. The van der Waals surface area contributed by atoms with Gasteiger partial charge in [0.2, 0.25) is 0 Å². The van der Waals surface area contributed by atoms with Crippen LogP contribution >= 0.6 is 11.3 Å². The van der Waals surface area contributed by atoms with E-state index in [2.05, 4.69) is 12.2 Å². The fourth-order valence-electron chi connectivity index (χ4n) is 3.24. The minimum atomic E-state index is -0.454. The molecule has 1 unspecified atom stereocenters. The molecule has 0 saturated carbocycles. The molecule has 1 amide bonds. The molecule has 2 aromatic rings. The third-order valence-electron chi connectivity index (χ3n) is 4.87. The number of thiophene rings is 1. The number of aryl methyl sites for hydroxylation is 1. The quantitative estimate of drug-likeness (QED) is 0.596. The zero-order chi connectivity index (χ0) is 19.4. The molecule has 0 spiro atoms. The lowest BCUT2D eigenvalue weighted by Gasteiger charge is -2.19. The van der Waals surface area contributed by atoms with Crippen molar-refractivity contribution in [3.8, 4) is 0 Å². The molecule has 142 valence electrons. The molecule has 1 heterocycles. The molecule has 1 N–H and O–H groups in total. The number of ketones is 1. The van der Waals surface area contributed by atoms with Crippen molar-refractivity contribution in [2.45, 2.75) is 39.5 Å². The molecule has 3 rings (SSSR count). The molecule has 0 saturated heterocycles. The maximum atomic E-state index is 12.3. The summed E-state index contributed by atoms with van der Waals surface area (Å²) in [6, 6.07) is 8.50. The van der Waals surface area contributed by atoms with E-state index in [9.17, 15) is 14.4 Å². The second-order valence-electron chi connectivity index (χ2n) is 6.83. The van der Waals surface area contributed by atoms with E-state index in [1.54, 1.807) is 24.3 Å². The van der Waals surface area contributed by atoms with Crippen molar-refractivity contribution in [3.05, 3.63) is 51.2 Å². The molecule has 0 aliphatic heterocycles. The molecular formula is C21H23NO4S. The summed E-state index contributed by atoms with van der Waals surface area (Å²) >= 11 is 1.48. The van der Waals surface area contributed by atoms with Gasteiger partial charge in [-0.15, -0.1) is 11.3 Å². The van der Waals surface area contributed by atoms with Gasteiger partial charge in [0.1, 0.15) is 4.88 Å². The van der Waals surface area contributed by atoms with Gasteiger partial charge < -0.3 is 10.1 Å². The topological polar surface area (TPSA) is 72.5 Å². The summed E-state index contributed by atoms with van der Waals surface area (Å²) in [7, 11) is 0. The van der Waals surface area contributed by atoms with E-state index < -0.39 is 11.9 Å². The number of carbonyl (C=O) groups excluding carboxylic acids is 3. The molecule has 0 fully saturated rings. The summed E-state index contributed by atoms with van der Waals surface area (Å²) in [5, 5.41) is 2.65. The van der Waals surface area contributed by atoms with Crippen molar-refractivity contribution in [2.75, 3.05) is 11.9 Å². The van der Waals surface area contributed by atoms with Crippen LogP contribution in [0.4, 0.5) is 5.69 Å². The lowest BCUT2D eigenvalue weighted by Crippen LogP contribution is -2.20. The second kappa shape index (κ2) is 8.48. The van der Waals surface area contributed by atoms with Crippen molar-refractivity contribution in [2.24, 2.45) is 5.92 Å². The number of fused-ring (bicyclic) bond motifs is 1. The molecule has 1 atom stereocenters. The normalized spacial score (nSPS) is 15.7. The average molecular weight is 385 g/mol. The summed E-state index contributed by atoms with van der Waals surface area (Å²) in [6.45, 7) is 3.34. The van der Waals surface area contributed by atoms with Gasteiger partial charge in [-0.25, -0.2) is 4.79 Å². The molecule has 1 aromatic carbocycles. The highest BCUT2D eigenvalue weighted by atomic mass is 32.1. The number of nitrogens with one attached hydrogen (secondary N) is 1. The van der Waals surface area contributed by atoms with Crippen LogP contribution in [0.1, 0.15) is 57.2 Å². The highest BCUT2D eigenvalue weighted by Crippen LogP contribution is 2.33. The smallest absolute Gasteiger partial charge is 0.348 e. The average Bonchev–Trinajstić information content (AvgIpc) is 3.09. The van der Waals surface area contributed by atoms with Crippen LogP contribution in [-0.4, -0.2) is 24.3 Å². The van der Waals surface area contributed by atoms with E-state index >= 15 is 0 Å². The lowest BCUT2D eigenvalue weighted by molar-refractivity contribution is -0.119. The van der Waals surface area contributed by atoms with Gasteiger partial charge in [0, 0.05) is 16.1 Å². The van der Waals surface area contributed by atoms with Crippen LogP contribution in [-0.2, 0) is 22.4 Å². The number of rotatable bonds is 6. The molecule has 0 bridgehead atoms. The lowest BCUT2D eigenvalue weighted by atomic mass is 9.87. The maximum Gasteiger partial charge on any atom is 0.348 e. The summed E-state index contributed by atoms with van der Waals surface area (Å²) in [4.78, 5) is 37.3. The number of Topliss-reactive ketones (excluding diaryl/α,β-unsaturated/α-hetero) is 1. The number of esters is 1. The summed E-state index contributed by atoms with van der Waals surface area (Å²) < 4.78 is 5.16. The number of carbonyl (C=O) groups is 3. The first-order valence-corrected chi connectivity index (χ1v) is 9.97. The van der Waals surface area contributed by atoms with Gasteiger partial charge >= 0.3 is 5.97 Å². The molecular weight excluding hydrogens is 362 g/mol. The van der Waals surface area contributed by atoms with Gasteiger partial charge in [0.15, 0.2) is 12.4 Å². The number of hydrogen-bond donors (Lipinski definition) is 1. The van der Waals surface area contributed by atoms with Gasteiger partial charge in [-0.3, -0.25) is 9.59 Å². The highest BCUT2D eigenvalue weighted by Gasteiger charge is 2.23. The number of anilines is 1. The zero-order valence-electron chi connectivity index (χ0n) is 15.5. The van der Waals surface area contributed by atoms with Crippen molar-refractivity contribution in [3.63, 3.8) is 0 Å². The molecule has 1 aliphatic rings. The summed E-state index contributed by atoms with van der Waals surface area (Å²) in [5.74, 6) is -0.210. The largest absolute Gasteiger partial charge is 0.451 e. The predicted molar refractivity (Wildman–Crippen MR) is 105 cm³/mol. The summed E-state index contributed by atoms with van der Waals surface area (Å²) in [5.41, 5.74) is 2.38. The molecule has 6 heteroatoms. The van der Waals surface area contributed by atoms with Gasteiger partial charge in [-0.2, -0.15) is 0 Å². The van der Waals surface area contributed by atoms with E-state index in [4.69, 9.17) is 4.74 Å². The van der Waals surface area contributed by atoms with Crippen LogP contribution in [0, 0.1) is 5.92 Å². The Kier molecular flexibility index (Phi) is 6.06. The van der Waals surface area contributed by atoms with Crippen molar-refractivity contribution in [1.82, 2.24) is 0 Å². The van der Waals surface area contributed by atoms with E-state index in [0.29, 0.717) is 22.0 Å². The molecule has 1 aromatic heterocycles. The van der Waals surface area contributed by atoms with Gasteiger partial charge in [0.25, 0.3) is 5.91 Å². The van der Waals surface area contributed by atoms with E-state index in [1.165, 1.54) is 35.1 Å². The van der Waals surface area contributed by atoms with E-state index in [0.717, 1.165) is 19.3 Å². The Morgan fingerprint density at radius 3 is 2.63 bits per heavy atom. The Morgan fingerprint density at radius 1 is 1.22 bits per heavy atom. The molecule has 1 aliphatic carbocycles. The maximum absolute atomic E-state index is 12.3.